The first-order valence-corrected chi connectivity index (χ1v) is 12.8. The molecule has 1 heterocycles. The van der Waals surface area contributed by atoms with Gasteiger partial charge in [-0.25, -0.2) is 9.38 Å². The van der Waals surface area contributed by atoms with E-state index >= 15 is 0 Å². The third-order valence-corrected chi connectivity index (χ3v) is 7.12. The molecule has 0 aliphatic carbocycles. The number of aliphatic imine (C=N–C) groups is 1. The molecule has 1 fully saturated rings. The van der Waals surface area contributed by atoms with Gasteiger partial charge in [0, 0.05) is 0 Å². The van der Waals surface area contributed by atoms with Gasteiger partial charge >= 0.3 is 0 Å². The van der Waals surface area contributed by atoms with Crippen LogP contribution in [0.5, 0.6) is 5.75 Å². The molecule has 33 heavy (non-hydrogen) atoms. The van der Waals surface area contributed by atoms with E-state index in [1.165, 1.54) is 29.5 Å². The monoisotopic (exact) mass is 636 g/mol. The number of carbonyl (C=O) groups is 1. The molecule has 0 aromatic heterocycles. The number of carbonyl (C=O) groups excluding carboxylic acids is 1. The Bertz CT molecular complexity index is 1240. The molecular weight excluding hydrogens is 618 g/mol. The van der Waals surface area contributed by atoms with Crippen molar-refractivity contribution in [1.29, 1.82) is 0 Å². The number of benzene rings is 3. The molecule has 0 radical (unpaired) electrons. The second-order valence-corrected chi connectivity index (χ2v) is 10.3. The molecule has 0 unspecified atom stereocenters. The van der Waals surface area contributed by atoms with E-state index in [2.05, 4.69) is 55.8 Å². The Morgan fingerprint density at radius 1 is 1.15 bits per heavy atom. The van der Waals surface area contributed by atoms with Gasteiger partial charge in [0.1, 0.15) is 18.2 Å². The maximum atomic E-state index is 13.4. The SMILES string of the molecule is CCc1ccc(N=C2NC(=O)/C(=C/c3cc(Br)c(OCc4cccc(F)c4)c(I)c3)S2)cc1. The van der Waals surface area contributed by atoms with Gasteiger partial charge in [0.25, 0.3) is 5.91 Å². The first-order valence-electron chi connectivity index (χ1n) is 10.2. The summed E-state index contributed by atoms with van der Waals surface area (Å²) in [5.74, 6) is 0.199. The van der Waals surface area contributed by atoms with Crippen LogP contribution >= 0.6 is 50.3 Å². The van der Waals surface area contributed by atoms with Crippen LogP contribution in [0.1, 0.15) is 23.6 Å². The normalized spacial score (nSPS) is 15.8. The van der Waals surface area contributed by atoms with Crippen molar-refractivity contribution in [2.75, 3.05) is 0 Å². The van der Waals surface area contributed by atoms with Crippen LogP contribution in [0.25, 0.3) is 6.08 Å². The summed E-state index contributed by atoms with van der Waals surface area (Å²) in [6, 6.07) is 18.1. The van der Waals surface area contributed by atoms with E-state index < -0.39 is 0 Å². The number of ether oxygens (including phenoxy) is 1. The smallest absolute Gasteiger partial charge is 0.264 e. The molecule has 1 saturated heterocycles. The Morgan fingerprint density at radius 2 is 1.94 bits per heavy atom. The van der Waals surface area contributed by atoms with Crippen LogP contribution in [0.15, 0.2) is 75.0 Å². The van der Waals surface area contributed by atoms with E-state index in [1.807, 2.05) is 48.5 Å². The molecule has 8 heteroatoms. The van der Waals surface area contributed by atoms with Crippen molar-refractivity contribution in [3.05, 3.63) is 96.1 Å². The Labute approximate surface area is 218 Å². The van der Waals surface area contributed by atoms with Crippen molar-refractivity contribution < 1.29 is 13.9 Å². The number of thioether (sulfide) groups is 1. The van der Waals surface area contributed by atoms with Crippen molar-refractivity contribution >= 4 is 73.1 Å². The number of amides is 1. The number of halogens is 3. The second kappa shape index (κ2) is 10.8. The van der Waals surface area contributed by atoms with Gasteiger partial charge in [-0.3, -0.25) is 4.79 Å². The van der Waals surface area contributed by atoms with Crippen LogP contribution in [0, 0.1) is 9.39 Å². The molecule has 1 aliphatic rings. The fourth-order valence-corrected chi connectivity index (χ4v) is 5.75. The average molecular weight is 637 g/mol. The summed E-state index contributed by atoms with van der Waals surface area (Å²) < 4.78 is 20.9. The van der Waals surface area contributed by atoms with E-state index in [1.54, 1.807) is 6.07 Å². The maximum Gasteiger partial charge on any atom is 0.264 e. The van der Waals surface area contributed by atoms with Crippen molar-refractivity contribution in [3.63, 3.8) is 0 Å². The van der Waals surface area contributed by atoms with E-state index in [9.17, 15) is 9.18 Å². The van der Waals surface area contributed by atoms with Gasteiger partial charge < -0.3 is 10.1 Å². The Morgan fingerprint density at radius 3 is 2.64 bits per heavy atom. The topological polar surface area (TPSA) is 50.7 Å². The largest absolute Gasteiger partial charge is 0.487 e. The molecule has 0 saturated carbocycles. The second-order valence-electron chi connectivity index (χ2n) is 7.23. The first kappa shape index (κ1) is 24.0. The van der Waals surface area contributed by atoms with Crippen LogP contribution in [0.3, 0.4) is 0 Å². The van der Waals surface area contributed by atoms with Gasteiger partial charge in [0.2, 0.25) is 0 Å². The molecule has 3 aromatic rings. The van der Waals surface area contributed by atoms with E-state index in [-0.39, 0.29) is 18.3 Å². The lowest BCUT2D eigenvalue weighted by Gasteiger charge is -2.12. The number of hydrogen-bond donors (Lipinski definition) is 1. The summed E-state index contributed by atoms with van der Waals surface area (Å²) in [6.45, 7) is 2.36. The molecule has 168 valence electrons. The number of nitrogens with one attached hydrogen (secondary N) is 1. The van der Waals surface area contributed by atoms with Gasteiger partial charge in [-0.05, 0) is 116 Å². The number of amidine groups is 1. The number of hydrogen-bond acceptors (Lipinski definition) is 4. The number of nitrogens with zero attached hydrogens (tertiary/aromatic N) is 1. The van der Waals surface area contributed by atoms with Gasteiger partial charge in [0.05, 0.1) is 18.6 Å². The predicted octanol–water partition coefficient (Wildman–Crippen LogP) is 7.23. The highest BCUT2D eigenvalue weighted by Crippen LogP contribution is 2.35. The van der Waals surface area contributed by atoms with Crippen LogP contribution in [0.2, 0.25) is 0 Å². The van der Waals surface area contributed by atoms with Crippen LogP contribution in [0.4, 0.5) is 10.1 Å². The first-order chi connectivity index (χ1) is 15.9. The molecule has 0 spiro atoms. The fourth-order valence-electron chi connectivity index (χ4n) is 3.14. The molecule has 0 bridgehead atoms. The van der Waals surface area contributed by atoms with Gasteiger partial charge in [-0.1, -0.05) is 31.2 Å². The highest BCUT2D eigenvalue weighted by atomic mass is 127. The lowest BCUT2D eigenvalue weighted by atomic mass is 10.2. The number of aryl methyl sites for hydroxylation is 1. The minimum absolute atomic E-state index is 0.179. The molecule has 3 aromatic carbocycles. The molecule has 1 N–H and O–H groups in total. The standard InChI is InChI=1S/C25H19BrFIN2O2S/c1-2-15-6-8-19(9-7-15)29-25-30-24(31)22(33-25)13-17-11-20(26)23(21(28)12-17)32-14-16-4-3-5-18(27)10-16/h3-13H,2,14H2,1H3,(H,29,30,31)/b22-13-. The van der Waals surface area contributed by atoms with Crippen LogP contribution in [-0.2, 0) is 17.8 Å². The van der Waals surface area contributed by atoms with Gasteiger partial charge in [0.15, 0.2) is 5.17 Å². The predicted molar refractivity (Wildman–Crippen MR) is 144 cm³/mol. The third kappa shape index (κ3) is 6.24. The quantitative estimate of drug-likeness (QED) is 0.230. The van der Waals surface area contributed by atoms with E-state index in [4.69, 9.17) is 4.74 Å². The van der Waals surface area contributed by atoms with Gasteiger partial charge in [-0.2, -0.15) is 0 Å². The summed E-state index contributed by atoms with van der Waals surface area (Å²) in [7, 11) is 0. The van der Waals surface area contributed by atoms with E-state index in [0.29, 0.717) is 15.8 Å². The maximum absolute atomic E-state index is 13.4. The molecule has 1 aliphatic heterocycles. The summed E-state index contributed by atoms with van der Waals surface area (Å²) in [5, 5.41) is 3.38. The summed E-state index contributed by atoms with van der Waals surface area (Å²) >= 11 is 7.05. The minimum Gasteiger partial charge on any atom is -0.487 e. The van der Waals surface area contributed by atoms with Crippen molar-refractivity contribution in [1.82, 2.24) is 5.32 Å². The summed E-state index contributed by atoms with van der Waals surface area (Å²) in [5.41, 5.74) is 3.65. The fraction of sp³-hybridized carbons (Fsp3) is 0.120. The highest BCUT2D eigenvalue weighted by molar-refractivity contribution is 14.1. The Kier molecular flexibility index (Phi) is 7.87. The van der Waals surface area contributed by atoms with Crippen molar-refractivity contribution in [3.8, 4) is 5.75 Å². The third-order valence-electron chi connectivity index (χ3n) is 4.82. The zero-order valence-electron chi connectivity index (χ0n) is 17.6. The molecule has 4 nitrogen and oxygen atoms in total. The van der Waals surface area contributed by atoms with Crippen LogP contribution < -0.4 is 10.1 Å². The highest BCUT2D eigenvalue weighted by Gasteiger charge is 2.24. The van der Waals surface area contributed by atoms with Gasteiger partial charge in [-0.15, -0.1) is 0 Å². The molecule has 1 amide bonds. The Hall–Kier alpha value is -2.17. The lowest BCUT2D eigenvalue weighted by molar-refractivity contribution is -0.115. The average Bonchev–Trinajstić information content (AvgIpc) is 3.12. The molecular formula is C25H19BrFIN2O2S. The van der Waals surface area contributed by atoms with Crippen molar-refractivity contribution in [2.45, 2.75) is 20.0 Å². The molecule has 4 rings (SSSR count). The zero-order chi connectivity index (χ0) is 23.4. The summed E-state index contributed by atoms with van der Waals surface area (Å²) in [6.07, 6.45) is 2.80. The minimum atomic E-state index is -0.292. The van der Waals surface area contributed by atoms with E-state index in [0.717, 1.165) is 31.3 Å². The summed E-state index contributed by atoms with van der Waals surface area (Å²) in [4.78, 5) is 17.6. The van der Waals surface area contributed by atoms with Crippen LogP contribution in [-0.4, -0.2) is 11.1 Å². The Balaban J connectivity index is 1.49. The van der Waals surface area contributed by atoms with Crippen molar-refractivity contribution in [2.24, 2.45) is 4.99 Å². The number of rotatable bonds is 6. The lowest BCUT2D eigenvalue weighted by Crippen LogP contribution is -2.19. The molecule has 0 atom stereocenters. The zero-order valence-corrected chi connectivity index (χ0v) is 22.1.